The highest BCUT2D eigenvalue weighted by Crippen LogP contribution is 2.14. The molecule has 0 unspecified atom stereocenters. The highest BCUT2D eigenvalue weighted by atomic mass is 19.1. The van der Waals surface area contributed by atoms with Gasteiger partial charge in [-0.3, -0.25) is 0 Å². The van der Waals surface area contributed by atoms with Crippen molar-refractivity contribution in [1.29, 1.82) is 0 Å². The summed E-state index contributed by atoms with van der Waals surface area (Å²) >= 11 is 0. The van der Waals surface area contributed by atoms with E-state index in [0.717, 1.165) is 5.56 Å². The number of hydrogen-bond donors (Lipinski definition) is 2. The number of halogens is 1. The van der Waals surface area contributed by atoms with E-state index in [9.17, 15) is 9.18 Å². The van der Waals surface area contributed by atoms with E-state index in [1.807, 2.05) is 42.5 Å². The Morgan fingerprint density at radius 3 is 2.60 bits per heavy atom. The van der Waals surface area contributed by atoms with Gasteiger partial charge in [0.05, 0.1) is 5.56 Å². The van der Waals surface area contributed by atoms with Crippen LogP contribution in [0.3, 0.4) is 0 Å². The second-order valence-electron chi connectivity index (χ2n) is 4.19. The SMILES string of the molecule is O=C(O)c1ccc(NC/C=C/c2ccccc2)cc1F. The number of nitrogens with one attached hydrogen (secondary N) is 1. The fourth-order valence-electron chi connectivity index (χ4n) is 1.73. The molecule has 0 aliphatic heterocycles. The molecule has 2 N–H and O–H groups in total. The number of rotatable bonds is 5. The minimum Gasteiger partial charge on any atom is -0.478 e. The van der Waals surface area contributed by atoms with Crippen LogP contribution in [0, 0.1) is 5.82 Å². The van der Waals surface area contributed by atoms with Crippen LogP contribution in [-0.2, 0) is 0 Å². The molecule has 0 aliphatic rings. The Balaban J connectivity index is 1.93. The summed E-state index contributed by atoms with van der Waals surface area (Å²) in [6, 6.07) is 13.8. The Bertz CT molecular complexity index is 624. The fraction of sp³-hybridized carbons (Fsp3) is 0.0625. The molecule has 3 nitrogen and oxygen atoms in total. The van der Waals surface area contributed by atoms with Gasteiger partial charge in [-0.05, 0) is 23.8 Å². The third-order valence-electron chi connectivity index (χ3n) is 2.73. The van der Waals surface area contributed by atoms with Crippen LogP contribution in [0.25, 0.3) is 6.08 Å². The van der Waals surface area contributed by atoms with Crippen molar-refractivity contribution < 1.29 is 14.3 Å². The Kier molecular flexibility index (Phi) is 4.50. The lowest BCUT2D eigenvalue weighted by molar-refractivity contribution is 0.0692. The molecule has 0 amide bonds. The molecular formula is C16H14FNO2. The monoisotopic (exact) mass is 271 g/mol. The molecule has 20 heavy (non-hydrogen) atoms. The molecule has 0 saturated heterocycles. The van der Waals surface area contributed by atoms with Crippen LogP contribution in [0.4, 0.5) is 10.1 Å². The van der Waals surface area contributed by atoms with E-state index in [2.05, 4.69) is 5.32 Å². The minimum absolute atomic E-state index is 0.324. The summed E-state index contributed by atoms with van der Waals surface area (Å²) in [6.07, 6.45) is 3.87. The number of benzene rings is 2. The molecule has 2 aromatic carbocycles. The fourth-order valence-corrected chi connectivity index (χ4v) is 1.73. The number of carboxylic acid groups (broad SMARTS) is 1. The van der Waals surface area contributed by atoms with E-state index < -0.39 is 11.8 Å². The summed E-state index contributed by atoms with van der Waals surface area (Å²) in [5.41, 5.74) is 1.31. The zero-order valence-electron chi connectivity index (χ0n) is 10.7. The van der Waals surface area contributed by atoms with Gasteiger partial charge in [-0.15, -0.1) is 0 Å². The van der Waals surface area contributed by atoms with Gasteiger partial charge in [0, 0.05) is 12.2 Å². The summed E-state index contributed by atoms with van der Waals surface area (Å²) in [5, 5.41) is 11.7. The average Bonchev–Trinajstić information content (AvgIpc) is 2.44. The predicted molar refractivity (Wildman–Crippen MR) is 77.3 cm³/mol. The van der Waals surface area contributed by atoms with Gasteiger partial charge in [0.25, 0.3) is 0 Å². The summed E-state index contributed by atoms with van der Waals surface area (Å²) in [4.78, 5) is 10.7. The summed E-state index contributed by atoms with van der Waals surface area (Å²) in [7, 11) is 0. The van der Waals surface area contributed by atoms with E-state index in [-0.39, 0.29) is 5.56 Å². The number of anilines is 1. The lowest BCUT2D eigenvalue weighted by Gasteiger charge is -2.04. The summed E-state index contributed by atoms with van der Waals surface area (Å²) in [6.45, 7) is 0.529. The van der Waals surface area contributed by atoms with Gasteiger partial charge in [0.2, 0.25) is 0 Å². The maximum absolute atomic E-state index is 13.4. The van der Waals surface area contributed by atoms with Gasteiger partial charge in [-0.25, -0.2) is 9.18 Å². The third-order valence-corrected chi connectivity index (χ3v) is 2.73. The van der Waals surface area contributed by atoms with Crippen LogP contribution in [0.2, 0.25) is 0 Å². The molecule has 0 heterocycles. The van der Waals surface area contributed by atoms with Crippen molar-refractivity contribution in [3.05, 3.63) is 71.6 Å². The first kappa shape index (κ1) is 13.8. The van der Waals surface area contributed by atoms with Gasteiger partial charge >= 0.3 is 5.97 Å². The zero-order chi connectivity index (χ0) is 14.4. The molecule has 102 valence electrons. The van der Waals surface area contributed by atoms with E-state index >= 15 is 0 Å². The molecule has 0 bridgehead atoms. The Hall–Kier alpha value is -2.62. The molecule has 0 spiro atoms. The van der Waals surface area contributed by atoms with Crippen molar-refractivity contribution in [2.75, 3.05) is 11.9 Å². The van der Waals surface area contributed by atoms with E-state index in [1.54, 1.807) is 6.07 Å². The average molecular weight is 271 g/mol. The number of aromatic carboxylic acids is 1. The van der Waals surface area contributed by atoms with Gasteiger partial charge in [0.1, 0.15) is 5.82 Å². The lowest BCUT2D eigenvalue weighted by Crippen LogP contribution is -2.03. The second-order valence-corrected chi connectivity index (χ2v) is 4.19. The summed E-state index contributed by atoms with van der Waals surface area (Å²) < 4.78 is 13.4. The molecule has 2 rings (SSSR count). The van der Waals surface area contributed by atoms with Crippen LogP contribution >= 0.6 is 0 Å². The number of carbonyl (C=O) groups is 1. The molecule has 0 aliphatic carbocycles. The van der Waals surface area contributed by atoms with Gasteiger partial charge in [0.15, 0.2) is 0 Å². The normalized spacial score (nSPS) is 10.7. The Labute approximate surface area is 116 Å². The van der Waals surface area contributed by atoms with Crippen molar-refractivity contribution in [1.82, 2.24) is 0 Å². The maximum atomic E-state index is 13.4. The highest BCUT2D eigenvalue weighted by molar-refractivity contribution is 5.88. The van der Waals surface area contributed by atoms with Crippen LogP contribution < -0.4 is 5.32 Å². The first-order valence-corrected chi connectivity index (χ1v) is 6.15. The first-order valence-electron chi connectivity index (χ1n) is 6.15. The van der Waals surface area contributed by atoms with Crippen LogP contribution in [0.1, 0.15) is 15.9 Å². The molecule has 2 aromatic rings. The maximum Gasteiger partial charge on any atom is 0.338 e. The van der Waals surface area contributed by atoms with Crippen LogP contribution in [-0.4, -0.2) is 17.6 Å². The molecule has 4 heteroatoms. The van der Waals surface area contributed by atoms with Crippen LogP contribution in [0.5, 0.6) is 0 Å². The molecular weight excluding hydrogens is 257 g/mol. The molecule has 0 atom stereocenters. The quantitative estimate of drug-likeness (QED) is 0.872. The molecule has 0 radical (unpaired) electrons. The second kappa shape index (κ2) is 6.52. The largest absolute Gasteiger partial charge is 0.478 e. The van der Waals surface area contributed by atoms with E-state index in [4.69, 9.17) is 5.11 Å². The standard InChI is InChI=1S/C16H14FNO2/c17-15-11-13(8-9-14(15)16(19)20)18-10-4-7-12-5-2-1-3-6-12/h1-9,11,18H,10H2,(H,19,20)/b7-4+. The lowest BCUT2D eigenvalue weighted by atomic mass is 10.2. The first-order chi connectivity index (χ1) is 9.66. The topological polar surface area (TPSA) is 49.3 Å². The van der Waals surface area contributed by atoms with Crippen molar-refractivity contribution in [2.24, 2.45) is 0 Å². The number of hydrogen-bond acceptors (Lipinski definition) is 2. The summed E-state index contributed by atoms with van der Waals surface area (Å²) in [5.74, 6) is -2.01. The van der Waals surface area contributed by atoms with Gasteiger partial charge < -0.3 is 10.4 Å². The Morgan fingerprint density at radius 2 is 1.95 bits per heavy atom. The van der Waals surface area contributed by atoms with E-state index in [1.165, 1.54) is 12.1 Å². The van der Waals surface area contributed by atoms with Crippen molar-refractivity contribution in [2.45, 2.75) is 0 Å². The third kappa shape index (κ3) is 3.68. The van der Waals surface area contributed by atoms with Crippen LogP contribution in [0.15, 0.2) is 54.6 Å². The zero-order valence-corrected chi connectivity index (χ0v) is 10.7. The molecule has 0 saturated carbocycles. The molecule has 0 aromatic heterocycles. The van der Waals surface area contributed by atoms with E-state index in [0.29, 0.717) is 12.2 Å². The number of carboxylic acids is 1. The van der Waals surface area contributed by atoms with Gasteiger partial charge in [-0.1, -0.05) is 42.5 Å². The van der Waals surface area contributed by atoms with Gasteiger partial charge in [-0.2, -0.15) is 0 Å². The Morgan fingerprint density at radius 1 is 1.20 bits per heavy atom. The minimum atomic E-state index is -1.27. The highest BCUT2D eigenvalue weighted by Gasteiger charge is 2.09. The van der Waals surface area contributed by atoms with Crippen molar-refractivity contribution >= 4 is 17.7 Å². The smallest absolute Gasteiger partial charge is 0.338 e. The predicted octanol–water partition coefficient (Wildman–Crippen LogP) is 3.65. The molecule has 0 fully saturated rings. The van der Waals surface area contributed by atoms with Crippen molar-refractivity contribution in [3.63, 3.8) is 0 Å². The van der Waals surface area contributed by atoms with Crippen molar-refractivity contribution in [3.8, 4) is 0 Å².